The highest BCUT2D eigenvalue weighted by molar-refractivity contribution is 5.54. The van der Waals surface area contributed by atoms with Crippen LogP contribution in [0.5, 0.6) is 0 Å². The largest absolute Gasteiger partial charge is 0.416 e. The minimum atomic E-state index is -4.33. The zero-order valence-corrected chi connectivity index (χ0v) is 10.7. The SMILES string of the molecule is O=CCC1(c2cccc(C(F)(F)F)c2)CCCCC1. The van der Waals surface area contributed by atoms with Crippen molar-refractivity contribution in [2.45, 2.75) is 50.1 Å². The molecule has 0 amide bonds. The third kappa shape index (κ3) is 2.99. The number of rotatable bonds is 3. The minimum Gasteiger partial charge on any atom is -0.303 e. The van der Waals surface area contributed by atoms with Crippen LogP contribution < -0.4 is 0 Å². The first-order valence-electron chi connectivity index (χ1n) is 6.59. The Kier molecular flexibility index (Phi) is 3.97. The first-order valence-corrected chi connectivity index (χ1v) is 6.59. The standard InChI is InChI=1S/C15H17F3O/c16-15(17,18)13-6-4-5-12(11-13)14(9-10-19)7-2-1-3-8-14/h4-6,10-11H,1-3,7-9H2. The molecule has 0 aromatic heterocycles. The summed E-state index contributed by atoms with van der Waals surface area (Å²) in [6.45, 7) is 0. The summed E-state index contributed by atoms with van der Waals surface area (Å²) in [5.74, 6) is 0. The van der Waals surface area contributed by atoms with Gasteiger partial charge in [0.15, 0.2) is 0 Å². The molecule has 1 aliphatic carbocycles. The molecule has 0 unspecified atom stereocenters. The molecule has 1 aliphatic rings. The maximum Gasteiger partial charge on any atom is 0.416 e. The van der Waals surface area contributed by atoms with Gasteiger partial charge in [0.1, 0.15) is 6.29 Å². The molecule has 1 aromatic rings. The van der Waals surface area contributed by atoms with Crippen molar-refractivity contribution in [3.63, 3.8) is 0 Å². The van der Waals surface area contributed by atoms with Crippen LogP contribution in [0.4, 0.5) is 13.2 Å². The molecule has 0 aliphatic heterocycles. The number of benzene rings is 1. The molecule has 1 aromatic carbocycles. The lowest BCUT2D eigenvalue weighted by molar-refractivity contribution is -0.137. The Labute approximate surface area is 110 Å². The van der Waals surface area contributed by atoms with Crippen LogP contribution in [0.3, 0.4) is 0 Å². The van der Waals surface area contributed by atoms with E-state index in [1.165, 1.54) is 12.1 Å². The average molecular weight is 270 g/mol. The maximum atomic E-state index is 12.8. The van der Waals surface area contributed by atoms with Gasteiger partial charge in [-0.2, -0.15) is 13.2 Å². The second-order valence-corrected chi connectivity index (χ2v) is 5.29. The second kappa shape index (κ2) is 5.35. The molecule has 4 heteroatoms. The van der Waals surface area contributed by atoms with Gasteiger partial charge in [-0.1, -0.05) is 37.5 Å². The van der Waals surface area contributed by atoms with Gasteiger partial charge in [0, 0.05) is 11.8 Å². The summed E-state index contributed by atoms with van der Waals surface area (Å²) in [4.78, 5) is 10.9. The van der Waals surface area contributed by atoms with Crippen molar-refractivity contribution in [1.82, 2.24) is 0 Å². The van der Waals surface area contributed by atoms with Crippen molar-refractivity contribution in [2.75, 3.05) is 0 Å². The highest BCUT2D eigenvalue weighted by Gasteiger charge is 2.36. The number of carbonyl (C=O) groups excluding carboxylic acids is 1. The molecule has 0 N–H and O–H groups in total. The van der Waals surface area contributed by atoms with E-state index in [0.717, 1.165) is 44.5 Å². The zero-order valence-electron chi connectivity index (χ0n) is 10.7. The van der Waals surface area contributed by atoms with Crippen molar-refractivity contribution in [2.24, 2.45) is 0 Å². The number of aldehydes is 1. The van der Waals surface area contributed by atoms with Crippen LogP contribution in [0.25, 0.3) is 0 Å². The van der Waals surface area contributed by atoms with E-state index < -0.39 is 11.7 Å². The smallest absolute Gasteiger partial charge is 0.303 e. The molecule has 0 saturated heterocycles. The first-order chi connectivity index (χ1) is 8.98. The quantitative estimate of drug-likeness (QED) is 0.739. The predicted octanol–water partition coefficient (Wildman–Crippen LogP) is 4.50. The van der Waals surface area contributed by atoms with E-state index in [9.17, 15) is 18.0 Å². The third-order valence-corrected chi connectivity index (χ3v) is 4.09. The highest BCUT2D eigenvalue weighted by atomic mass is 19.4. The van der Waals surface area contributed by atoms with E-state index in [1.54, 1.807) is 6.07 Å². The molecule has 104 valence electrons. The maximum absolute atomic E-state index is 12.8. The lowest BCUT2D eigenvalue weighted by atomic mass is 9.67. The van der Waals surface area contributed by atoms with Crippen molar-refractivity contribution < 1.29 is 18.0 Å². The van der Waals surface area contributed by atoms with Gasteiger partial charge in [0.05, 0.1) is 5.56 Å². The number of hydrogen-bond donors (Lipinski definition) is 0. The zero-order chi connectivity index (χ0) is 13.9. The van der Waals surface area contributed by atoms with Crippen molar-refractivity contribution in [3.8, 4) is 0 Å². The first kappa shape index (κ1) is 14.1. The van der Waals surface area contributed by atoms with E-state index in [4.69, 9.17) is 0 Å². The lowest BCUT2D eigenvalue weighted by Crippen LogP contribution is -2.30. The van der Waals surface area contributed by atoms with Crippen molar-refractivity contribution >= 4 is 6.29 Å². The molecular weight excluding hydrogens is 253 g/mol. The number of halogens is 3. The topological polar surface area (TPSA) is 17.1 Å². The van der Waals surface area contributed by atoms with Gasteiger partial charge >= 0.3 is 6.18 Å². The van der Waals surface area contributed by atoms with Crippen LogP contribution in [-0.4, -0.2) is 6.29 Å². The third-order valence-electron chi connectivity index (χ3n) is 4.09. The van der Waals surface area contributed by atoms with Crippen LogP contribution in [0.15, 0.2) is 24.3 Å². The average Bonchev–Trinajstić information content (AvgIpc) is 2.39. The van der Waals surface area contributed by atoms with Gasteiger partial charge in [0.25, 0.3) is 0 Å². The van der Waals surface area contributed by atoms with Crippen LogP contribution in [0, 0.1) is 0 Å². The number of alkyl halides is 3. The molecule has 0 radical (unpaired) electrons. The fraction of sp³-hybridized carbons (Fsp3) is 0.533. The fourth-order valence-electron chi connectivity index (χ4n) is 3.02. The van der Waals surface area contributed by atoms with Gasteiger partial charge < -0.3 is 4.79 Å². The van der Waals surface area contributed by atoms with Crippen LogP contribution in [0.1, 0.15) is 49.7 Å². The Balaban J connectivity index is 2.39. The van der Waals surface area contributed by atoms with E-state index in [0.29, 0.717) is 12.0 Å². The van der Waals surface area contributed by atoms with Crippen molar-refractivity contribution in [1.29, 1.82) is 0 Å². The molecule has 0 bridgehead atoms. The second-order valence-electron chi connectivity index (χ2n) is 5.29. The lowest BCUT2D eigenvalue weighted by Gasteiger charge is -2.36. The summed E-state index contributed by atoms with van der Waals surface area (Å²) < 4.78 is 38.3. The van der Waals surface area contributed by atoms with Crippen LogP contribution in [-0.2, 0) is 16.4 Å². The summed E-state index contributed by atoms with van der Waals surface area (Å²) in [6.07, 6.45) is 1.47. The molecule has 2 rings (SSSR count). The van der Waals surface area contributed by atoms with Gasteiger partial charge in [0.2, 0.25) is 0 Å². The fourth-order valence-corrected chi connectivity index (χ4v) is 3.02. The molecule has 19 heavy (non-hydrogen) atoms. The normalized spacial score (nSPS) is 19.1. The summed E-state index contributed by atoms with van der Waals surface area (Å²) in [7, 11) is 0. The summed E-state index contributed by atoms with van der Waals surface area (Å²) in [5, 5.41) is 0. The van der Waals surface area contributed by atoms with Gasteiger partial charge in [-0.05, 0) is 24.5 Å². The van der Waals surface area contributed by atoms with E-state index in [1.807, 2.05) is 0 Å². The summed E-state index contributed by atoms with van der Waals surface area (Å²) >= 11 is 0. The van der Waals surface area contributed by atoms with Crippen LogP contribution >= 0.6 is 0 Å². The van der Waals surface area contributed by atoms with E-state index >= 15 is 0 Å². The van der Waals surface area contributed by atoms with Gasteiger partial charge in [-0.25, -0.2) is 0 Å². The molecule has 0 heterocycles. The van der Waals surface area contributed by atoms with Crippen molar-refractivity contribution in [3.05, 3.63) is 35.4 Å². The molecule has 1 fully saturated rings. The Hall–Kier alpha value is -1.32. The number of hydrogen-bond acceptors (Lipinski definition) is 1. The Morgan fingerprint density at radius 3 is 2.42 bits per heavy atom. The Bertz CT molecular complexity index is 445. The van der Waals surface area contributed by atoms with E-state index in [2.05, 4.69) is 0 Å². The monoisotopic (exact) mass is 270 g/mol. The Morgan fingerprint density at radius 2 is 1.84 bits per heavy atom. The van der Waals surface area contributed by atoms with Crippen LogP contribution in [0.2, 0.25) is 0 Å². The Morgan fingerprint density at radius 1 is 1.16 bits per heavy atom. The highest BCUT2D eigenvalue weighted by Crippen LogP contribution is 2.43. The van der Waals surface area contributed by atoms with Gasteiger partial charge in [-0.3, -0.25) is 0 Å². The predicted molar refractivity (Wildman–Crippen MR) is 66.9 cm³/mol. The van der Waals surface area contributed by atoms with E-state index in [-0.39, 0.29) is 5.41 Å². The summed E-state index contributed by atoms with van der Waals surface area (Å²) in [6, 6.07) is 5.47. The van der Waals surface area contributed by atoms with Gasteiger partial charge in [-0.15, -0.1) is 0 Å². The summed E-state index contributed by atoms with van der Waals surface area (Å²) in [5.41, 5.74) is -0.351. The molecule has 0 spiro atoms. The molecular formula is C15H17F3O. The molecule has 1 nitrogen and oxygen atoms in total. The molecule has 1 saturated carbocycles. The molecule has 0 atom stereocenters. The number of carbonyl (C=O) groups is 1. The minimum absolute atomic E-state index is 0.314.